The molecule has 0 aliphatic heterocycles. The van der Waals surface area contributed by atoms with Crippen molar-refractivity contribution in [3.63, 3.8) is 0 Å². The van der Waals surface area contributed by atoms with E-state index < -0.39 is 0 Å². The Kier molecular flexibility index (Phi) is 2.86. The monoisotopic (exact) mass is 178 g/mol. The molecule has 0 atom stereocenters. The summed E-state index contributed by atoms with van der Waals surface area (Å²) in [7, 11) is 1.54. The van der Waals surface area contributed by atoms with Crippen LogP contribution >= 0.6 is 0 Å². The summed E-state index contributed by atoms with van der Waals surface area (Å²) in [6.07, 6.45) is 2.71. The number of benzene rings is 1. The van der Waals surface area contributed by atoms with E-state index in [-0.39, 0.29) is 5.82 Å². The van der Waals surface area contributed by atoms with E-state index in [4.69, 9.17) is 5.26 Å². The van der Waals surface area contributed by atoms with Crippen molar-refractivity contribution < 1.29 is 4.39 Å². The lowest BCUT2D eigenvalue weighted by Crippen LogP contribution is -2.10. The van der Waals surface area contributed by atoms with E-state index in [0.717, 1.165) is 12.0 Å². The van der Waals surface area contributed by atoms with Crippen molar-refractivity contribution in [3.8, 4) is 6.19 Å². The van der Waals surface area contributed by atoms with E-state index in [2.05, 4.69) is 0 Å². The number of halogens is 1. The number of aryl methyl sites for hydroxylation is 1. The summed E-state index contributed by atoms with van der Waals surface area (Å²) in [4.78, 5) is 1.22. The fourth-order valence-corrected chi connectivity index (χ4v) is 1.09. The second-order valence-electron chi connectivity index (χ2n) is 2.80. The largest absolute Gasteiger partial charge is 0.280 e. The highest BCUT2D eigenvalue weighted by Crippen LogP contribution is 2.19. The Morgan fingerprint density at radius 1 is 1.54 bits per heavy atom. The summed E-state index contributed by atoms with van der Waals surface area (Å²) < 4.78 is 13.2. The lowest BCUT2D eigenvalue weighted by atomic mass is 10.1. The van der Waals surface area contributed by atoms with Crippen molar-refractivity contribution in [2.45, 2.75) is 13.3 Å². The first kappa shape index (κ1) is 9.53. The zero-order valence-electron chi connectivity index (χ0n) is 7.71. The molecule has 0 radical (unpaired) electrons. The molecule has 3 heteroatoms. The first-order valence-electron chi connectivity index (χ1n) is 4.11. The van der Waals surface area contributed by atoms with Gasteiger partial charge in [-0.05, 0) is 24.1 Å². The molecule has 0 saturated heterocycles. The van der Waals surface area contributed by atoms with Crippen molar-refractivity contribution in [2.24, 2.45) is 0 Å². The number of nitrogens with zero attached hydrogens (tertiary/aromatic N) is 2. The molecule has 0 fully saturated rings. The SMILES string of the molecule is CCc1ccc(F)c(N(C)C#N)c1. The zero-order valence-corrected chi connectivity index (χ0v) is 7.71. The van der Waals surface area contributed by atoms with Crippen LogP contribution in [0, 0.1) is 17.3 Å². The minimum Gasteiger partial charge on any atom is -0.280 e. The molecule has 0 saturated carbocycles. The van der Waals surface area contributed by atoms with Gasteiger partial charge in [0.15, 0.2) is 6.19 Å². The van der Waals surface area contributed by atoms with E-state index >= 15 is 0 Å². The second kappa shape index (κ2) is 3.90. The van der Waals surface area contributed by atoms with Gasteiger partial charge in [-0.2, -0.15) is 5.26 Å². The summed E-state index contributed by atoms with van der Waals surface area (Å²) in [5.74, 6) is -0.360. The third kappa shape index (κ3) is 1.97. The van der Waals surface area contributed by atoms with Gasteiger partial charge in [0.2, 0.25) is 0 Å². The van der Waals surface area contributed by atoms with E-state index in [1.807, 2.05) is 13.1 Å². The van der Waals surface area contributed by atoms with Crippen LogP contribution in [0.25, 0.3) is 0 Å². The maximum absolute atomic E-state index is 13.2. The van der Waals surface area contributed by atoms with Crippen molar-refractivity contribution in [2.75, 3.05) is 11.9 Å². The van der Waals surface area contributed by atoms with Gasteiger partial charge in [0.05, 0.1) is 5.69 Å². The highest BCUT2D eigenvalue weighted by atomic mass is 19.1. The van der Waals surface area contributed by atoms with E-state index in [0.29, 0.717) is 5.69 Å². The maximum atomic E-state index is 13.2. The van der Waals surface area contributed by atoms with E-state index in [1.165, 1.54) is 18.0 Å². The molecule has 0 unspecified atom stereocenters. The van der Waals surface area contributed by atoms with Crippen molar-refractivity contribution >= 4 is 5.69 Å². The Hall–Kier alpha value is -1.56. The molecule has 0 aliphatic carbocycles. The number of rotatable bonds is 2. The highest BCUT2D eigenvalue weighted by molar-refractivity contribution is 5.52. The van der Waals surface area contributed by atoms with E-state index in [9.17, 15) is 4.39 Å². The minimum absolute atomic E-state index is 0.335. The van der Waals surface area contributed by atoms with Gasteiger partial charge in [0.1, 0.15) is 5.82 Å². The predicted molar refractivity (Wildman–Crippen MR) is 49.8 cm³/mol. The predicted octanol–water partition coefficient (Wildman–Crippen LogP) is 2.31. The van der Waals surface area contributed by atoms with Crippen LogP contribution < -0.4 is 4.90 Å². The number of nitriles is 1. The molecule has 0 N–H and O–H groups in total. The molecule has 0 heterocycles. The first-order chi connectivity index (χ1) is 6.19. The Morgan fingerprint density at radius 2 is 2.23 bits per heavy atom. The second-order valence-corrected chi connectivity index (χ2v) is 2.80. The molecule has 2 nitrogen and oxygen atoms in total. The molecule has 13 heavy (non-hydrogen) atoms. The Morgan fingerprint density at radius 3 is 2.77 bits per heavy atom. The molecule has 0 aromatic heterocycles. The molecule has 0 aliphatic rings. The summed E-state index contributed by atoms with van der Waals surface area (Å²) >= 11 is 0. The van der Waals surface area contributed by atoms with Gasteiger partial charge in [-0.1, -0.05) is 13.0 Å². The molecule has 0 spiro atoms. The van der Waals surface area contributed by atoms with Crippen LogP contribution in [0.3, 0.4) is 0 Å². The average Bonchev–Trinajstić information content (AvgIpc) is 2.17. The number of hydrogen-bond acceptors (Lipinski definition) is 2. The topological polar surface area (TPSA) is 27.0 Å². The summed E-state index contributed by atoms with van der Waals surface area (Å²) in [6.45, 7) is 1.99. The number of hydrogen-bond donors (Lipinski definition) is 0. The molecule has 0 bridgehead atoms. The fourth-order valence-electron chi connectivity index (χ4n) is 1.09. The van der Waals surface area contributed by atoms with Crippen LogP contribution in [0.2, 0.25) is 0 Å². The standard InChI is InChI=1S/C10H11FN2/c1-3-8-4-5-9(11)10(6-8)13(2)7-12/h4-6H,3H2,1-2H3. The maximum Gasteiger partial charge on any atom is 0.184 e. The molecule has 68 valence electrons. The molecule has 0 amide bonds. The van der Waals surface area contributed by atoms with Crippen LogP contribution in [0.15, 0.2) is 18.2 Å². The molecule has 1 aromatic carbocycles. The van der Waals surface area contributed by atoms with Crippen molar-refractivity contribution in [1.29, 1.82) is 5.26 Å². The smallest absolute Gasteiger partial charge is 0.184 e. The van der Waals surface area contributed by atoms with Crippen LogP contribution in [-0.2, 0) is 6.42 Å². The third-order valence-electron chi connectivity index (χ3n) is 1.93. The van der Waals surface area contributed by atoms with Crippen LogP contribution in [0.5, 0.6) is 0 Å². The Bertz CT molecular complexity index is 341. The number of anilines is 1. The van der Waals surface area contributed by atoms with Gasteiger partial charge in [0.25, 0.3) is 0 Å². The van der Waals surface area contributed by atoms with Gasteiger partial charge in [-0.3, -0.25) is 4.90 Å². The van der Waals surface area contributed by atoms with Crippen LogP contribution in [0.4, 0.5) is 10.1 Å². The Balaban J connectivity index is 3.12. The van der Waals surface area contributed by atoms with Gasteiger partial charge in [-0.25, -0.2) is 4.39 Å². The van der Waals surface area contributed by atoms with Gasteiger partial charge >= 0.3 is 0 Å². The van der Waals surface area contributed by atoms with Crippen LogP contribution in [-0.4, -0.2) is 7.05 Å². The molecular weight excluding hydrogens is 167 g/mol. The van der Waals surface area contributed by atoms with Crippen LogP contribution in [0.1, 0.15) is 12.5 Å². The molecule has 1 rings (SSSR count). The zero-order chi connectivity index (χ0) is 9.84. The fraction of sp³-hybridized carbons (Fsp3) is 0.300. The van der Waals surface area contributed by atoms with E-state index in [1.54, 1.807) is 12.1 Å². The summed E-state index contributed by atoms with van der Waals surface area (Å²) in [6, 6.07) is 4.81. The summed E-state index contributed by atoms with van der Waals surface area (Å²) in [5.41, 5.74) is 1.36. The minimum atomic E-state index is -0.360. The van der Waals surface area contributed by atoms with Gasteiger partial charge < -0.3 is 0 Å². The molecular formula is C10H11FN2. The normalized spacial score (nSPS) is 9.38. The third-order valence-corrected chi connectivity index (χ3v) is 1.93. The average molecular weight is 178 g/mol. The first-order valence-corrected chi connectivity index (χ1v) is 4.11. The molecule has 1 aromatic rings. The quantitative estimate of drug-likeness (QED) is 0.513. The van der Waals surface area contributed by atoms with Crippen molar-refractivity contribution in [1.82, 2.24) is 0 Å². The summed E-state index contributed by atoms with van der Waals surface area (Å²) in [5, 5.41) is 8.59. The highest BCUT2D eigenvalue weighted by Gasteiger charge is 2.06. The van der Waals surface area contributed by atoms with Crippen molar-refractivity contribution in [3.05, 3.63) is 29.6 Å². The van der Waals surface area contributed by atoms with Gasteiger partial charge in [0, 0.05) is 7.05 Å². The lowest BCUT2D eigenvalue weighted by Gasteiger charge is -2.10. The Labute approximate surface area is 77.2 Å². The van der Waals surface area contributed by atoms with Gasteiger partial charge in [-0.15, -0.1) is 0 Å². The lowest BCUT2D eigenvalue weighted by molar-refractivity contribution is 0.627.